The summed E-state index contributed by atoms with van der Waals surface area (Å²) in [6.45, 7) is -0.144. The van der Waals surface area contributed by atoms with Gasteiger partial charge in [0.2, 0.25) is 5.82 Å². The third kappa shape index (κ3) is 4.26. The van der Waals surface area contributed by atoms with Crippen LogP contribution in [0.2, 0.25) is 0 Å². The monoisotopic (exact) mass is 376 g/mol. The number of hydrogen-bond acceptors (Lipinski definition) is 3. The Balaban J connectivity index is 1.65. The van der Waals surface area contributed by atoms with Crippen molar-refractivity contribution >= 4 is 0 Å². The highest BCUT2D eigenvalue weighted by atomic mass is 19.2. The molecule has 27 heavy (non-hydrogen) atoms. The minimum Gasteiger partial charge on any atom is -0.494 e. The van der Waals surface area contributed by atoms with E-state index in [2.05, 4.69) is 11.8 Å². The molecule has 1 saturated heterocycles. The molecule has 2 atom stereocenters. The largest absolute Gasteiger partial charge is 0.494 e. The fourth-order valence-corrected chi connectivity index (χ4v) is 3.05. The molecule has 0 saturated carbocycles. The summed E-state index contributed by atoms with van der Waals surface area (Å²) < 4.78 is 52.2. The van der Waals surface area contributed by atoms with Crippen LogP contribution in [0.15, 0.2) is 30.3 Å². The minimum atomic E-state index is -0.995. The van der Waals surface area contributed by atoms with Gasteiger partial charge in [-0.1, -0.05) is 24.0 Å². The van der Waals surface area contributed by atoms with Crippen molar-refractivity contribution < 1.29 is 27.8 Å². The normalized spacial score (nSPS) is 19.3. The lowest BCUT2D eigenvalue weighted by molar-refractivity contribution is 0.0374. The molecule has 1 N–H and O–H groups in total. The van der Waals surface area contributed by atoms with E-state index in [1.807, 2.05) is 0 Å². The molecule has 2 aromatic rings. The molecule has 0 bridgehead atoms. The van der Waals surface area contributed by atoms with Gasteiger partial charge in [-0.2, -0.15) is 4.39 Å². The Kier molecular flexibility index (Phi) is 6.04. The summed E-state index contributed by atoms with van der Waals surface area (Å²) in [5.74, 6) is 2.98. The first-order chi connectivity index (χ1) is 13.0. The van der Waals surface area contributed by atoms with E-state index in [9.17, 15) is 13.2 Å². The first kappa shape index (κ1) is 19.3. The second-order valence-electron chi connectivity index (χ2n) is 6.31. The van der Waals surface area contributed by atoms with E-state index in [4.69, 9.17) is 14.6 Å². The minimum absolute atomic E-state index is 0.129. The topological polar surface area (TPSA) is 38.7 Å². The zero-order valence-electron chi connectivity index (χ0n) is 14.8. The van der Waals surface area contributed by atoms with Crippen molar-refractivity contribution in [2.75, 3.05) is 13.7 Å². The quantitative estimate of drug-likeness (QED) is 0.826. The van der Waals surface area contributed by atoms with Crippen molar-refractivity contribution in [1.29, 1.82) is 0 Å². The summed E-state index contributed by atoms with van der Waals surface area (Å²) in [5.41, 5.74) is 0.964. The van der Waals surface area contributed by atoms with Gasteiger partial charge in [-0.05, 0) is 36.6 Å². The molecule has 3 rings (SSSR count). The summed E-state index contributed by atoms with van der Waals surface area (Å²) in [7, 11) is 1.29. The van der Waals surface area contributed by atoms with Crippen molar-refractivity contribution in [3.8, 4) is 17.6 Å². The summed E-state index contributed by atoms with van der Waals surface area (Å²) >= 11 is 0. The SMILES string of the molecule is COc1ccc(C2CCC(C#Cc3ccc(CO)c(F)c3)OC2)c(F)c1F. The van der Waals surface area contributed by atoms with Gasteiger partial charge in [0, 0.05) is 17.0 Å². The molecular weight excluding hydrogens is 357 g/mol. The zero-order chi connectivity index (χ0) is 19.4. The summed E-state index contributed by atoms with van der Waals surface area (Å²) in [5, 5.41) is 8.97. The van der Waals surface area contributed by atoms with Gasteiger partial charge in [0.25, 0.3) is 0 Å². The second kappa shape index (κ2) is 8.47. The van der Waals surface area contributed by atoms with Crippen LogP contribution < -0.4 is 4.74 Å². The molecule has 1 fully saturated rings. The molecule has 3 nitrogen and oxygen atoms in total. The lowest BCUT2D eigenvalue weighted by Crippen LogP contribution is -2.24. The fraction of sp³-hybridized carbons (Fsp3) is 0.333. The average Bonchev–Trinajstić information content (AvgIpc) is 2.69. The van der Waals surface area contributed by atoms with Crippen LogP contribution in [-0.4, -0.2) is 24.9 Å². The van der Waals surface area contributed by atoms with E-state index >= 15 is 0 Å². The number of ether oxygens (including phenoxy) is 2. The molecule has 142 valence electrons. The van der Waals surface area contributed by atoms with Gasteiger partial charge in [0.15, 0.2) is 11.6 Å². The van der Waals surface area contributed by atoms with Gasteiger partial charge in [-0.25, -0.2) is 8.78 Å². The number of hydrogen-bond donors (Lipinski definition) is 1. The van der Waals surface area contributed by atoms with Gasteiger partial charge >= 0.3 is 0 Å². The van der Waals surface area contributed by atoms with E-state index in [-0.39, 0.29) is 42.1 Å². The molecule has 0 aromatic heterocycles. The maximum atomic E-state index is 14.2. The lowest BCUT2D eigenvalue weighted by Gasteiger charge is -2.27. The highest BCUT2D eigenvalue weighted by Crippen LogP contribution is 2.33. The molecule has 0 aliphatic carbocycles. The lowest BCUT2D eigenvalue weighted by atomic mass is 9.91. The molecule has 6 heteroatoms. The summed E-state index contributed by atoms with van der Waals surface area (Å²) in [4.78, 5) is 0. The van der Waals surface area contributed by atoms with Crippen LogP contribution in [0.3, 0.4) is 0 Å². The van der Waals surface area contributed by atoms with Crippen LogP contribution in [0, 0.1) is 29.3 Å². The smallest absolute Gasteiger partial charge is 0.200 e. The Hall–Kier alpha value is -2.49. The standard InChI is InChI=1S/C21H19F3O3/c1-26-19-9-8-17(20(23)21(19)24)15-5-7-16(27-12-15)6-3-13-2-4-14(11-25)18(22)10-13/h2,4,8-10,15-16,25H,5,7,11-12H2,1H3. The van der Waals surface area contributed by atoms with E-state index in [1.54, 1.807) is 6.07 Å². The van der Waals surface area contributed by atoms with Crippen molar-refractivity contribution in [3.63, 3.8) is 0 Å². The van der Waals surface area contributed by atoms with Gasteiger partial charge in [0.1, 0.15) is 11.9 Å². The number of methoxy groups -OCH3 is 1. The first-order valence-corrected chi connectivity index (χ1v) is 8.57. The van der Waals surface area contributed by atoms with Gasteiger partial charge in [0.05, 0.1) is 20.3 Å². The van der Waals surface area contributed by atoms with Gasteiger partial charge < -0.3 is 14.6 Å². The maximum Gasteiger partial charge on any atom is 0.200 e. The molecule has 1 aliphatic rings. The highest BCUT2D eigenvalue weighted by Gasteiger charge is 2.26. The number of aliphatic hydroxyl groups is 1. The molecule has 0 amide bonds. The van der Waals surface area contributed by atoms with Crippen LogP contribution in [0.25, 0.3) is 0 Å². The van der Waals surface area contributed by atoms with Crippen LogP contribution in [-0.2, 0) is 11.3 Å². The average molecular weight is 376 g/mol. The first-order valence-electron chi connectivity index (χ1n) is 8.57. The van der Waals surface area contributed by atoms with Crippen molar-refractivity contribution in [1.82, 2.24) is 0 Å². The Morgan fingerprint density at radius 2 is 1.96 bits per heavy atom. The maximum absolute atomic E-state index is 14.2. The molecule has 2 aromatic carbocycles. The predicted octanol–water partition coefficient (Wildman–Crippen LogP) is 3.92. The van der Waals surface area contributed by atoms with E-state index in [1.165, 1.54) is 31.4 Å². The fourth-order valence-electron chi connectivity index (χ4n) is 3.05. The Morgan fingerprint density at radius 1 is 1.15 bits per heavy atom. The molecular formula is C21H19F3O3. The molecule has 0 spiro atoms. The van der Waals surface area contributed by atoms with E-state index in [0.717, 1.165) is 0 Å². The predicted molar refractivity (Wildman–Crippen MR) is 93.8 cm³/mol. The van der Waals surface area contributed by atoms with Crippen molar-refractivity contribution in [2.24, 2.45) is 0 Å². The Morgan fingerprint density at radius 3 is 2.59 bits per heavy atom. The van der Waals surface area contributed by atoms with Crippen LogP contribution in [0.4, 0.5) is 13.2 Å². The van der Waals surface area contributed by atoms with Crippen molar-refractivity contribution in [2.45, 2.75) is 31.5 Å². The molecule has 2 unspecified atom stereocenters. The number of halogens is 3. The van der Waals surface area contributed by atoms with Crippen LogP contribution in [0.5, 0.6) is 5.75 Å². The summed E-state index contributed by atoms with van der Waals surface area (Å²) in [6, 6.07) is 7.30. The Labute approximate surface area is 155 Å². The zero-order valence-corrected chi connectivity index (χ0v) is 14.8. The molecule has 1 heterocycles. The number of benzene rings is 2. The third-order valence-corrected chi connectivity index (χ3v) is 4.61. The third-order valence-electron chi connectivity index (χ3n) is 4.61. The second-order valence-corrected chi connectivity index (χ2v) is 6.31. The van der Waals surface area contributed by atoms with Crippen molar-refractivity contribution in [3.05, 3.63) is 64.5 Å². The van der Waals surface area contributed by atoms with Gasteiger partial charge in [-0.15, -0.1) is 0 Å². The Bertz CT molecular complexity index is 878. The van der Waals surface area contributed by atoms with Gasteiger partial charge in [-0.3, -0.25) is 0 Å². The van der Waals surface area contributed by atoms with E-state index < -0.39 is 17.5 Å². The summed E-state index contributed by atoms with van der Waals surface area (Å²) in [6.07, 6.45) is 0.801. The highest BCUT2D eigenvalue weighted by molar-refractivity contribution is 5.38. The molecule has 0 radical (unpaired) electrons. The number of rotatable bonds is 3. The van der Waals surface area contributed by atoms with Crippen LogP contribution >= 0.6 is 0 Å². The van der Waals surface area contributed by atoms with E-state index in [0.29, 0.717) is 18.4 Å². The van der Waals surface area contributed by atoms with Crippen LogP contribution in [0.1, 0.15) is 35.4 Å². The molecule has 1 aliphatic heterocycles. The number of aliphatic hydroxyl groups excluding tert-OH is 1.